The monoisotopic (exact) mass is 329 g/mol. The summed E-state index contributed by atoms with van der Waals surface area (Å²) >= 11 is 1.27. The van der Waals surface area contributed by atoms with Crippen LogP contribution in [0.4, 0.5) is 10.8 Å². The quantitative estimate of drug-likeness (QED) is 0.917. The predicted octanol–water partition coefficient (Wildman–Crippen LogP) is 3.47. The highest BCUT2D eigenvalue weighted by atomic mass is 32.1. The Morgan fingerprint density at radius 1 is 1.22 bits per heavy atom. The van der Waals surface area contributed by atoms with Crippen molar-refractivity contribution in [2.45, 2.75) is 32.6 Å². The van der Waals surface area contributed by atoms with Crippen LogP contribution in [0.1, 0.15) is 42.2 Å². The molecule has 1 aromatic carbocycles. The third-order valence-corrected chi connectivity index (χ3v) is 4.62. The molecule has 23 heavy (non-hydrogen) atoms. The molecule has 2 amide bonds. The largest absolute Gasteiger partial charge is 0.307 e. The number of para-hydroxylation sites is 1. The van der Waals surface area contributed by atoms with Crippen LogP contribution in [0.3, 0.4) is 0 Å². The van der Waals surface area contributed by atoms with E-state index in [0.29, 0.717) is 17.4 Å². The lowest BCUT2D eigenvalue weighted by Crippen LogP contribution is -2.33. The fraction of sp³-hybridized carbons (Fsp3) is 0.353. The Balaban J connectivity index is 1.89. The second-order valence-corrected chi connectivity index (χ2v) is 6.47. The molecule has 0 saturated carbocycles. The maximum Gasteiger partial charge on any atom is 0.277 e. The first-order valence-corrected chi connectivity index (χ1v) is 8.66. The third-order valence-electron chi connectivity index (χ3n) is 3.86. The van der Waals surface area contributed by atoms with E-state index in [1.807, 2.05) is 23.1 Å². The number of fused-ring (bicyclic) bond motifs is 1. The first-order chi connectivity index (χ1) is 11.1. The molecule has 1 aliphatic rings. The molecule has 0 atom stereocenters. The topological polar surface area (TPSA) is 62.3 Å². The molecular weight excluding hydrogens is 310 g/mol. The van der Waals surface area contributed by atoms with Crippen LogP contribution in [0.25, 0.3) is 0 Å². The average Bonchev–Trinajstić information content (AvgIpc) is 2.95. The van der Waals surface area contributed by atoms with Crippen LogP contribution < -0.4 is 10.2 Å². The first-order valence-electron chi connectivity index (χ1n) is 7.78. The number of aromatic nitrogens is 1. The van der Waals surface area contributed by atoms with Crippen LogP contribution in [-0.4, -0.2) is 23.3 Å². The van der Waals surface area contributed by atoms with Crippen molar-refractivity contribution >= 4 is 34.0 Å². The van der Waals surface area contributed by atoms with Crippen molar-refractivity contribution in [3.63, 3.8) is 0 Å². The van der Waals surface area contributed by atoms with E-state index in [9.17, 15) is 9.59 Å². The molecule has 2 heterocycles. The number of rotatable bonds is 2. The molecule has 0 fully saturated rings. The predicted molar refractivity (Wildman–Crippen MR) is 92.1 cm³/mol. The maximum absolute atomic E-state index is 12.9. The van der Waals surface area contributed by atoms with Gasteiger partial charge in [0.2, 0.25) is 5.91 Å². The zero-order valence-corrected chi connectivity index (χ0v) is 13.9. The van der Waals surface area contributed by atoms with Gasteiger partial charge in [-0.25, -0.2) is 4.98 Å². The summed E-state index contributed by atoms with van der Waals surface area (Å²) in [5.74, 6) is -0.290. The van der Waals surface area contributed by atoms with Gasteiger partial charge in [0.15, 0.2) is 5.13 Å². The van der Waals surface area contributed by atoms with Crippen LogP contribution in [0, 0.1) is 0 Å². The molecule has 0 bridgehead atoms. The summed E-state index contributed by atoms with van der Waals surface area (Å²) in [5.41, 5.74) is 2.57. The Bertz CT molecular complexity index is 726. The third kappa shape index (κ3) is 3.59. The molecule has 1 N–H and O–H groups in total. The Kier molecular flexibility index (Phi) is 4.71. The van der Waals surface area contributed by atoms with Crippen molar-refractivity contribution in [3.05, 3.63) is 40.9 Å². The van der Waals surface area contributed by atoms with Crippen molar-refractivity contribution in [3.8, 4) is 0 Å². The normalized spacial score (nSPS) is 14.6. The lowest BCUT2D eigenvalue weighted by Gasteiger charge is -2.26. The molecule has 1 aliphatic heterocycles. The Labute approximate surface area is 139 Å². The van der Waals surface area contributed by atoms with Crippen molar-refractivity contribution in [2.24, 2.45) is 0 Å². The first kappa shape index (κ1) is 15.7. The van der Waals surface area contributed by atoms with Crippen molar-refractivity contribution in [1.82, 2.24) is 4.98 Å². The number of anilines is 2. The summed E-state index contributed by atoms with van der Waals surface area (Å²) in [6, 6.07) is 8.07. The van der Waals surface area contributed by atoms with Crippen molar-refractivity contribution < 1.29 is 9.59 Å². The Morgan fingerprint density at radius 3 is 2.87 bits per heavy atom. The van der Waals surface area contributed by atoms with Crippen LogP contribution in [0.15, 0.2) is 29.6 Å². The summed E-state index contributed by atoms with van der Waals surface area (Å²) in [4.78, 5) is 30.1. The molecule has 5 nitrogen and oxygen atoms in total. The Morgan fingerprint density at radius 2 is 2.04 bits per heavy atom. The van der Waals surface area contributed by atoms with E-state index in [1.54, 1.807) is 5.38 Å². The van der Waals surface area contributed by atoms with Gasteiger partial charge >= 0.3 is 0 Å². The number of benzene rings is 1. The summed E-state index contributed by atoms with van der Waals surface area (Å²) in [6.45, 7) is 2.13. The standard InChI is InChI=1S/C17H19N3O2S/c1-12(21)18-17-19-14(11-23-17)16(22)20-10-6-2-3-7-13-8-4-5-9-15(13)20/h4-5,8-9,11H,2-3,6-7,10H2,1H3,(H,18,19,21). The molecule has 3 rings (SSSR count). The van der Waals surface area contributed by atoms with E-state index in [2.05, 4.69) is 16.4 Å². The molecule has 0 aliphatic carbocycles. The van der Waals surface area contributed by atoms with E-state index >= 15 is 0 Å². The lowest BCUT2D eigenvalue weighted by atomic mass is 10.0. The summed E-state index contributed by atoms with van der Waals surface area (Å²) in [6.07, 6.45) is 4.26. The molecule has 0 spiro atoms. The van der Waals surface area contributed by atoms with E-state index in [0.717, 1.165) is 31.4 Å². The summed E-state index contributed by atoms with van der Waals surface area (Å²) in [7, 11) is 0. The molecule has 0 radical (unpaired) electrons. The van der Waals surface area contributed by atoms with Crippen LogP contribution in [0.5, 0.6) is 0 Å². The molecule has 120 valence electrons. The van der Waals surface area contributed by atoms with Crippen LogP contribution in [-0.2, 0) is 11.2 Å². The maximum atomic E-state index is 12.9. The summed E-state index contributed by atoms with van der Waals surface area (Å²) in [5, 5.41) is 4.78. The minimum absolute atomic E-state index is 0.104. The minimum Gasteiger partial charge on any atom is -0.307 e. The zero-order valence-electron chi connectivity index (χ0n) is 13.0. The number of hydrogen-bond donors (Lipinski definition) is 1. The number of nitrogens with zero attached hydrogens (tertiary/aromatic N) is 2. The minimum atomic E-state index is -0.185. The lowest BCUT2D eigenvalue weighted by molar-refractivity contribution is -0.114. The van der Waals surface area contributed by atoms with Gasteiger partial charge in [-0.2, -0.15) is 0 Å². The van der Waals surface area contributed by atoms with Gasteiger partial charge in [0.25, 0.3) is 5.91 Å². The highest BCUT2D eigenvalue weighted by Gasteiger charge is 2.23. The number of hydrogen-bond acceptors (Lipinski definition) is 4. The van der Waals surface area contributed by atoms with Gasteiger partial charge in [0.05, 0.1) is 0 Å². The number of nitrogens with one attached hydrogen (secondary N) is 1. The number of amides is 2. The van der Waals surface area contributed by atoms with Gasteiger partial charge in [-0.15, -0.1) is 11.3 Å². The Hall–Kier alpha value is -2.21. The molecule has 1 aromatic heterocycles. The zero-order chi connectivity index (χ0) is 16.2. The van der Waals surface area contributed by atoms with Gasteiger partial charge in [-0.05, 0) is 30.9 Å². The fourth-order valence-corrected chi connectivity index (χ4v) is 3.53. The van der Waals surface area contributed by atoms with Crippen molar-refractivity contribution in [1.29, 1.82) is 0 Å². The van der Waals surface area contributed by atoms with Gasteiger partial charge in [0, 0.05) is 24.5 Å². The SMILES string of the molecule is CC(=O)Nc1nc(C(=O)N2CCCCCc3ccccc32)cs1. The second kappa shape index (κ2) is 6.91. The smallest absolute Gasteiger partial charge is 0.277 e. The number of carbonyl (C=O) groups is 2. The van der Waals surface area contributed by atoms with Gasteiger partial charge in [-0.1, -0.05) is 24.6 Å². The number of thiazole rings is 1. The highest BCUT2D eigenvalue weighted by Crippen LogP contribution is 2.27. The van der Waals surface area contributed by atoms with E-state index in [-0.39, 0.29) is 11.8 Å². The average molecular weight is 329 g/mol. The van der Waals surface area contributed by atoms with E-state index in [4.69, 9.17) is 0 Å². The van der Waals surface area contributed by atoms with Crippen molar-refractivity contribution in [2.75, 3.05) is 16.8 Å². The van der Waals surface area contributed by atoms with Crippen LogP contribution >= 0.6 is 11.3 Å². The molecule has 2 aromatic rings. The van der Waals surface area contributed by atoms with Gasteiger partial charge in [0.1, 0.15) is 5.69 Å². The van der Waals surface area contributed by atoms with Gasteiger partial charge < -0.3 is 10.2 Å². The van der Waals surface area contributed by atoms with E-state index < -0.39 is 0 Å². The van der Waals surface area contributed by atoms with E-state index in [1.165, 1.54) is 23.8 Å². The highest BCUT2D eigenvalue weighted by molar-refractivity contribution is 7.14. The fourth-order valence-electron chi connectivity index (χ4n) is 2.80. The van der Waals surface area contributed by atoms with Crippen LogP contribution in [0.2, 0.25) is 0 Å². The molecule has 6 heteroatoms. The number of aryl methyl sites for hydroxylation is 1. The summed E-state index contributed by atoms with van der Waals surface area (Å²) < 4.78 is 0. The van der Waals surface area contributed by atoms with Gasteiger partial charge in [-0.3, -0.25) is 9.59 Å². The molecular formula is C17H19N3O2S. The number of carbonyl (C=O) groups excluding carboxylic acids is 2. The molecule has 0 saturated heterocycles. The second-order valence-electron chi connectivity index (χ2n) is 5.62. The molecule has 0 unspecified atom stereocenters.